The summed E-state index contributed by atoms with van der Waals surface area (Å²) >= 11 is 0. The summed E-state index contributed by atoms with van der Waals surface area (Å²) in [5.74, 6) is 0. The fourth-order valence-electron chi connectivity index (χ4n) is 1.29. The van der Waals surface area contributed by atoms with Gasteiger partial charge in [-0.3, -0.25) is 0 Å². The van der Waals surface area contributed by atoms with Crippen molar-refractivity contribution >= 4 is 0 Å². The summed E-state index contributed by atoms with van der Waals surface area (Å²) in [5, 5.41) is 0. The zero-order valence-corrected chi connectivity index (χ0v) is 19.9. The number of ether oxygens (including phenoxy) is 2. The Balaban J connectivity index is -0.000000133. The first-order valence-corrected chi connectivity index (χ1v) is 10.1. The highest BCUT2D eigenvalue weighted by atomic mass is 16.5. The molecule has 2 aromatic rings. The molecule has 2 heteroatoms. The summed E-state index contributed by atoms with van der Waals surface area (Å²) in [6.45, 7) is 8.00. The maximum absolute atomic E-state index is 4.25. The Morgan fingerprint density at radius 1 is 0.379 bits per heavy atom. The minimum atomic E-state index is 1.08. The zero-order chi connectivity index (χ0) is 22.8. The molecular weight excluding hydrogens is 356 g/mol. The summed E-state index contributed by atoms with van der Waals surface area (Å²) in [6.07, 6.45) is 13.5. The molecule has 0 aliphatic heterocycles. The minimum Gasteiger partial charge on any atom is -0.388 e. The summed E-state index contributed by atoms with van der Waals surface area (Å²) in [5.41, 5.74) is 0. The molecule has 0 N–H and O–H groups in total. The molecule has 3 rings (SSSR count). The van der Waals surface area contributed by atoms with Gasteiger partial charge in [0.15, 0.2) is 0 Å². The molecule has 0 unspecified atom stereocenters. The molecule has 0 saturated heterocycles. The van der Waals surface area contributed by atoms with Crippen LogP contribution in [-0.4, -0.2) is 28.4 Å². The van der Waals surface area contributed by atoms with Crippen LogP contribution < -0.4 is 0 Å². The first-order chi connectivity index (χ1) is 14.3. The van der Waals surface area contributed by atoms with Gasteiger partial charge >= 0.3 is 0 Å². The van der Waals surface area contributed by atoms with Crippen LogP contribution in [0.1, 0.15) is 34.1 Å². The molecule has 0 saturated carbocycles. The Labute approximate surface area is 181 Å². The molecule has 164 valence electrons. The second kappa shape index (κ2) is 44.8. The van der Waals surface area contributed by atoms with E-state index in [0.29, 0.717) is 0 Å². The third-order valence-corrected chi connectivity index (χ3v) is 2.21. The lowest BCUT2D eigenvalue weighted by atomic mass is 10.4. The largest absolute Gasteiger partial charge is 0.388 e. The molecule has 1 aliphatic rings. The van der Waals surface area contributed by atoms with Crippen molar-refractivity contribution in [3.05, 3.63) is 109 Å². The summed E-state index contributed by atoms with van der Waals surface area (Å²) < 4.78 is 8.50. The number of methoxy groups -OCH3 is 2. The van der Waals surface area contributed by atoms with E-state index in [1.165, 1.54) is 0 Å². The summed E-state index contributed by atoms with van der Waals surface area (Å²) in [7, 11) is 6.50. The summed E-state index contributed by atoms with van der Waals surface area (Å²) in [4.78, 5) is 0. The number of hydrogen-bond donors (Lipinski definition) is 0. The second-order valence-electron chi connectivity index (χ2n) is 4.60. The average Bonchev–Trinajstić information content (AvgIpc) is 3.14. The quantitative estimate of drug-likeness (QED) is 0.446. The first kappa shape index (κ1) is 34.1. The van der Waals surface area contributed by atoms with Crippen LogP contribution in [0.4, 0.5) is 0 Å². The Morgan fingerprint density at radius 3 is 0.724 bits per heavy atom. The molecule has 0 aromatic heterocycles. The Kier molecular flexibility index (Phi) is 52.7. The third-order valence-electron chi connectivity index (χ3n) is 2.21. The molecule has 2 aromatic carbocycles. The molecule has 0 atom stereocenters. The van der Waals surface area contributed by atoms with Crippen molar-refractivity contribution in [1.82, 2.24) is 0 Å². The maximum atomic E-state index is 4.25. The van der Waals surface area contributed by atoms with Crippen molar-refractivity contribution < 1.29 is 9.47 Å². The topological polar surface area (TPSA) is 18.5 Å². The van der Waals surface area contributed by atoms with Crippen LogP contribution in [0.25, 0.3) is 0 Å². The second-order valence-corrected chi connectivity index (χ2v) is 4.60. The highest BCUT2D eigenvalue weighted by Crippen LogP contribution is 1.92. The van der Waals surface area contributed by atoms with Crippen molar-refractivity contribution in [3.63, 3.8) is 0 Å². The fraction of sp³-hybridized carbons (Fsp3) is 0.333. The van der Waals surface area contributed by atoms with Crippen molar-refractivity contribution in [3.8, 4) is 0 Å². The number of benzene rings is 2. The van der Waals surface area contributed by atoms with E-state index >= 15 is 0 Å². The van der Waals surface area contributed by atoms with Crippen molar-refractivity contribution in [2.75, 3.05) is 28.4 Å². The van der Waals surface area contributed by atoms with Crippen LogP contribution in [0.3, 0.4) is 0 Å². The van der Waals surface area contributed by atoms with Crippen molar-refractivity contribution in [2.45, 2.75) is 34.1 Å². The Morgan fingerprint density at radius 2 is 0.552 bits per heavy atom. The highest BCUT2D eigenvalue weighted by molar-refractivity contribution is 5.16. The average molecular weight is 401 g/mol. The molecular formula is C27H44O2. The lowest BCUT2D eigenvalue weighted by molar-refractivity contribution is 0.277. The number of allylic oxidation sites excluding steroid dienone is 6. The molecule has 0 bridgehead atoms. The highest BCUT2D eigenvalue weighted by Gasteiger charge is 1.70. The molecule has 2 nitrogen and oxygen atoms in total. The van der Waals surface area contributed by atoms with Gasteiger partial charge in [0.1, 0.15) is 0 Å². The maximum Gasteiger partial charge on any atom is 0.0351 e. The van der Waals surface area contributed by atoms with E-state index in [0.717, 1.165) is 6.42 Å². The normalized spacial score (nSPS) is 9.10. The molecule has 1 aliphatic carbocycles. The number of hydrogen-bond acceptors (Lipinski definition) is 2. The Hall–Kier alpha value is -2.42. The molecule has 0 heterocycles. The van der Waals surface area contributed by atoms with Gasteiger partial charge in [0.05, 0.1) is 0 Å². The van der Waals surface area contributed by atoms with Gasteiger partial charge in [-0.1, -0.05) is 137 Å². The van der Waals surface area contributed by atoms with E-state index in [1.54, 1.807) is 28.4 Å². The van der Waals surface area contributed by atoms with Gasteiger partial charge in [-0.15, -0.1) is 0 Å². The molecule has 0 spiro atoms. The SMILES string of the molecule is C1=CC=CCC=C1.CC.CC.COC.COC.c1ccccc1.c1ccccc1. The standard InChI is InChI=1S/C7H8.2C6H6.2C2H6O.2C2H6/c1-2-4-6-7-5-3-1;2*1-2-4-6-5-3-1;2*1-3-2;2*1-2/h1-6H,7H2;2*1-6H;2*1-2H3;2*1-2H3. The Bertz CT molecular complexity index is 402. The smallest absolute Gasteiger partial charge is 0.0351 e. The van der Waals surface area contributed by atoms with E-state index in [-0.39, 0.29) is 0 Å². The monoisotopic (exact) mass is 400 g/mol. The molecule has 0 fully saturated rings. The van der Waals surface area contributed by atoms with E-state index in [2.05, 4.69) is 33.8 Å². The lowest BCUT2D eigenvalue weighted by Gasteiger charge is -1.69. The van der Waals surface area contributed by atoms with E-state index < -0.39 is 0 Å². The summed E-state index contributed by atoms with van der Waals surface area (Å²) in [6, 6.07) is 24.0. The molecule has 0 amide bonds. The molecule has 0 radical (unpaired) electrons. The van der Waals surface area contributed by atoms with Crippen LogP contribution in [0.15, 0.2) is 109 Å². The van der Waals surface area contributed by atoms with Gasteiger partial charge in [-0.25, -0.2) is 0 Å². The van der Waals surface area contributed by atoms with Gasteiger partial charge in [0, 0.05) is 28.4 Å². The van der Waals surface area contributed by atoms with Gasteiger partial charge in [0.25, 0.3) is 0 Å². The minimum absolute atomic E-state index is 1.08. The van der Waals surface area contributed by atoms with Gasteiger partial charge < -0.3 is 9.47 Å². The van der Waals surface area contributed by atoms with Crippen LogP contribution in [0.5, 0.6) is 0 Å². The third kappa shape index (κ3) is 51.7. The molecule has 29 heavy (non-hydrogen) atoms. The van der Waals surface area contributed by atoms with Crippen LogP contribution in [0.2, 0.25) is 0 Å². The van der Waals surface area contributed by atoms with Crippen LogP contribution >= 0.6 is 0 Å². The first-order valence-electron chi connectivity index (χ1n) is 10.1. The van der Waals surface area contributed by atoms with Crippen molar-refractivity contribution in [2.24, 2.45) is 0 Å². The number of rotatable bonds is 0. The zero-order valence-electron chi connectivity index (χ0n) is 19.9. The van der Waals surface area contributed by atoms with E-state index in [4.69, 9.17) is 0 Å². The predicted molar refractivity (Wildman–Crippen MR) is 133 cm³/mol. The van der Waals surface area contributed by atoms with E-state index in [9.17, 15) is 0 Å². The van der Waals surface area contributed by atoms with Crippen molar-refractivity contribution in [1.29, 1.82) is 0 Å². The lowest BCUT2D eigenvalue weighted by Crippen LogP contribution is -1.55. The van der Waals surface area contributed by atoms with Gasteiger partial charge in [-0.2, -0.15) is 0 Å². The van der Waals surface area contributed by atoms with E-state index in [1.807, 2.05) is 113 Å². The predicted octanol–water partition coefficient (Wildman–Crippen LogP) is 8.01. The van der Waals surface area contributed by atoms with Crippen LogP contribution in [0, 0.1) is 0 Å². The fourth-order valence-corrected chi connectivity index (χ4v) is 1.29. The van der Waals surface area contributed by atoms with Crippen LogP contribution in [-0.2, 0) is 9.47 Å². The van der Waals surface area contributed by atoms with Gasteiger partial charge in [0.2, 0.25) is 0 Å². The van der Waals surface area contributed by atoms with Gasteiger partial charge in [-0.05, 0) is 6.42 Å².